The molecule has 0 saturated carbocycles. The maximum absolute atomic E-state index is 9.60. The van der Waals surface area contributed by atoms with Gasteiger partial charge in [-0.15, -0.1) is 0 Å². The van der Waals surface area contributed by atoms with Crippen LogP contribution in [0.4, 0.5) is 34.1 Å². The van der Waals surface area contributed by atoms with E-state index in [1.54, 1.807) is 18.3 Å². The van der Waals surface area contributed by atoms with E-state index in [-0.39, 0.29) is 0 Å². The third kappa shape index (κ3) is 3.98. The van der Waals surface area contributed by atoms with Gasteiger partial charge in [0.15, 0.2) is 0 Å². The van der Waals surface area contributed by atoms with Crippen molar-refractivity contribution in [1.29, 1.82) is 5.26 Å². The van der Waals surface area contributed by atoms with E-state index in [0.717, 1.165) is 50.8 Å². The number of benzene rings is 5. The maximum Gasteiger partial charge on any atom is 0.101 e. The predicted molar refractivity (Wildman–Crippen MR) is 163 cm³/mol. The van der Waals surface area contributed by atoms with Gasteiger partial charge in [0.25, 0.3) is 0 Å². The highest BCUT2D eigenvalue weighted by Gasteiger charge is 2.30. The zero-order valence-corrected chi connectivity index (χ0v) is 21.6. The number of rotatable bonds is 4. The molecule has 0 amide bonds. The third-order valence-corrected chi connectivity index (χ3v) is 7.24. The summed E-state index contributed by atoms with van der Waals surface area (Å²) in [7, 11) is 0. The maximum atomic E-state index is 9.60. The number of para-hydroxylation sites is 5. The van der Waals surface area contributed by atoms with Crippen molar-refractivity contribution in [2.24, 2.45) is 0 Å². The third-order valence-electron chi connectivity index (χ3n) is 7.24. The zero-order chi connectivity index (χ0) is 26.9. The predicted octanol–water partition coefficient (Wildman–Crippen LogP) is 9.54. The van der Waals surface area contributed by atoms with E-state index >= 15 is 0 Å². The van der Waals surface area contributed by atoms with Crippen LogP contribution >= 0.6 is 0 Å². The summed E-state index contributed by atoms with van der Waals surface area (Å²) in [5, 5.41) is 9.60. The highest BCUT2D eigenvalue weighted by molar-refractivity contribution is 6.01. The average molecular weight is 513 g/mol. The Labute approximate surface area is 233 Å². The second kappa shape index (κ2) is 9.90. The molecule has 0 radical (unpaired) electrons. The van der Waals surface area contributed by atoms with Crippen LogP contribution in [-0.4, -0.2) is 4.98 Å². The van der Waals surface area contributed by atoms with Gasteiger partial charge >= 0.3 is 0 Å². The van der Waals surface area contributed by atoms with Crippen molar-refractivity contribution in [2.45, 2.75) is 0 Å². The van der Waals surface area contributed by atoms with E-state index in [0.29, 0.717) is 11.3 Å². The second-order valence-corrected chi connectivity index (χ2v) is 9.63. The summed E-state index contributed by atoms with van der Waals surface area (Å²) >= 11 is 0. The van der Waals surface area contributed by atoms with E-state index in [9.17, 15) is 5.26 Å². The Balaban J connectivity index is 1.36. The summed E-state index contributed by atoms with van der Waals surface area (Å²) in [6, 6.07) is 50.3. The molecule has 7 rings (SSSR count). The number of fused-ring (bicyclic) bond motifs is 2. The van der Waals surface area contributed by atoms with Gasteiger partial charge in [0.1, 0.15) is 6.07 Å². The monoisotopic (exact) mass is 512 g/mol. The van der Waals surface area contributed by atoms with Crippen LogP contribution in [0.3, 0.4) is 0 Å². The molecule has 1 aromatic heterocycles. The van der Waals surface area contributed by atoms with Crippen molar-refractivity contribution in [1.82, 2.24) is 4.98 Å². The summed E-state index contributed by atoms with van der Waals surface area (Å²) in [6.07, 6.45) is 1.73. The number of pyridine rings is 1. The van der Waals surface area contributed by atoms with E-state index in [1.807, 2.05) is 18.2 Å². The Hall–Kier alpha value is -5.66. The Morgan fingerprint density at radius 3 is 1.65 bits per heavy atom. The largest absolute Gasteiger partial charge is 0.306 e. The first-order valence-electron chi connectivity index (χ1n) is 13.2. The zero-order valence-electron chi connectivity index (χ0n) is 21.6. The fraction of sp³-hybridized carbons (Fsp3) is 0. The van der Waals surface area contributed by atoms with Crippen LogP contribution in [0, 0.1) is 11.3 Å². The van der Waals surface area contributed by atoms with Gasteiger partial charge in [0.2, 0.25) is 0 Å². The van der Waals surface area contributed by atoms with Crippen LogP contribution in [0.25, 0.3) is 22.4 Å². The van der Waals surface area contributed by atoms with E-state index in [1.165, 1.54) is 0 Å². The van der Waals surface area contributed by atoms with E-state index in [4.69, 9.17) is 0 Å². The molecule has 0 unspecified atom stereocenters. The van der Waals surface area contributed by atoms with Gasteiger partial charge in [-0.05, 0) is 77.9 Å². The molecule has 0 saturated heterocycles. The van der Waals surface area contributed by atoms with Gasteiger partial charge in [-0.25, -0.2) is 0 Å². The molecule has 4 nitrogen and oxygen atoms in total. The Bertz CT molecular complexity index is 1840. The van der Waals surface area contributed by atoms with Gasteiger partial charge in [-0.2, -0.15) is 5.26 Å². The van der Waals surface area contributed by atoms with Crippen molar-refractivity contribution in [3.8, 4) is 28.5 Å². The lowest BCUT2D eigenvalue weighted by Gasteiger charge is -2.40. The minimum atomic E-state index is 0.568. The summed E-state index contributed by atoms with van der Waals surface area (Å²) in [6.45, 7) is 0. The van der Waals surface area contributed by atoms with Gasteiger partial charge in [0.05, 0.1) is 34.0 Å². The Morgan fingerprint density at radius 2 is 1.00 bits per heavy atom. The van der Waals surface area contributed by atoms with Gasteiger partial charge in [-0.3, -0.25) is 4.98 Å². The summed E-state index contributed by atoms with van der Waals surface area (Å²) in [5.74, 6) is 0. The molecule has 1 aliphatic heterocycles. The first kappa shape index (κ1) is 23.5. The first-order valence-corrected chi connectivity index (χ1v) is 13.2. The number of nitriles is 1. The molecule has 0 bridgehead atoms. The van der Waals surface area contributed by atoms with Crippen LogP contribution in [0.1, 0.15) is 5.56 Å². The van der Waals surface area contributed by atoms with Crippen molar-refractivity contribution in [3.05, 3.63) is 151 Å². The summed E-state index contributed by atoms with van der Waals surface area (Å²) in [5.41, 5.74) is 11.0. The van der Waals surface area contributed by atoms with Crippen molar-refractivity contribution in [3.63, 3.8) is 0 Å². The Morgan fingerprint density at radius 1 is 0.475 bits per heavy atom. The van der Waals surface area contributed by atoms with Crippen molar-refractivity contribution >= 4 is 34.1 Å². The van der Waals surface area contributed by atoms with Crippen molar-refractivity contribution in [2.75, 3.05) is 9.80 Å². The fourth-order valence-electron chi connectivity index (χ4n) is 5.47. The fourth-order valence-corrected chi connectivity index (χ4v) is 5.47. The number of aromatic nitrogens is 1. The number of nitrogens with zero attached hydrogens (tertiary/aromatic N) is 4. The minimum Gasteiger partial charge on any atom is -0.306 e. The smallest absolute Gasteiger partial charge is 0.101 e. The number of anilines is 6. The molecule has 0 spiro atoms. The van der Waals surface area contributed by atoms with E-state index < -0.39 is 0 Å². The molecule has 5 aromatic carbocycles. The molecule has 0 atom stereocenters. The molecule has 1 aliphatic rings. The standard InChI is InChI=1S/C36H24N4/c37-25-29-14-10-22-38-36(29)28-13-8-11-26(23-28)27-12-9-17-31(24-27)40-34-20-6-4-18-32(34)39(30-15-2-1-3-16-30)33-19-5-7-21-35(33)40/h1-24H. The lowest BCUT2D eigenvalue weighted by molar-refractivity contribution is 1.17. The molecule has 6 aromatic rings. The Kier molecular flexibility index (Phi) is 5.81. The minimum absolute atomic E-state index is 0.568. The van der Waals surface area contributed by atoms with Crippen LogP contribution < -0.4 is 9.80 Å². The van der Waals surface area contributed by atoms with Crippen LogP contribution in [0.5, 0.6) is 0 Å². The lowest BCUT2D eigenvalue weighted by atomic mass is 9.98. The molecule has 0 aliphatic carbocycles. The molecular formula is C36H24N4. The van der Waals surface area contributed by atoms with Crippen LogP contribution in [0.2, 0.25) is 0 Å². The molecule has 4 heteroatoms. The number of hydrogen-bond donors (Lipinski definition) is 0. The van der Waals surface area contributed by atoms with Gasteiger partial charge in [-0.1, -0.05) is 72.8 Å². The molecule has 40 heavy (non-hydrogen) atoms. The lowest BCUT2D eigenvalue weighted by Crippen LogP contribution is -2.23. The quantitative estimate of drug-likeness (QED) is 0.235. The van der Waals surface area contributed by atoms with Gasteiger partial charge in [0, 0.05) is 23.1 Å². The van der Waals surface area contributed by atoms with E-state index in [2.05, 4.69) is 130 Å². The summed E-state index contributed by atoms with van der Waals surface area (Å²) in [4.78, 5) is 9.16. The average Bonchev–Trinajstić information content (AvgIpc) is 3.04. The summed E-state index contributed by atoms with van der Waals surface area (Å²) < 4.78 is 0. The molecule has 0 N–H and O–H groups in total. The van der Waals surface area contributed by atoms with Crippen LogP contribution in [-0.2, 0) is 0 Å². The second-order valence-electron chi connectivity index (χ2n) is 9.63. The molecule has 2 heterocycles. The molecular weight excluding hydrogens is 488 g/mol. The highest BCUT2D eigenvalue weighted by Crippen LogP contribution is 2.54. The molecule has 188 valence electrons. The van der Waals surface area contributed by atoms with Crippen LogP contribution in [0.15, 0.2) is 146 Å². The first-order chi connectivity index (χ1) is 19.8. The van der Waals surface area contributed by atoms with Gasteiger partial charge < -0.3 is 9.80 Å². The van der Waals surface area contributed by atoms with Crippen molar-refractivity contribution < 1.29 is 0 Å². The molecule has 0 fully saturated rings. The SMILES string of the molecule is N#Cc1cccnc1-c1cccc(-c2cccc(N3c4ccccc4N(c4ccccc4)c4ccccc43)c2)c1. The normalized spacial score (nSPS) is 11.9. The number of hydrogen-bond acceptors (Lipinski definition) is 4. The topological polar surface area (TPSA) is 43.2 Å². The highest BCUT2D eigenvalue weighted by atomic mass is 15.3.